The highest BCUT2D eigenvalue weighted by atomic mass is 32.1. The Hall–Kier alpha value is -2.41. The maximum Gasteiger partial charge on any atom is 0.354 e. The van der Waals surface area contributed by atoms with Gasteiger partial charge in [-0.15, -0.1) is 11.3 Å². The van der Waals surface area contributed by atoms with Crippen molar-refractivity contribution in [1.82, 2.24) is 9.47 Å². The summed E-state index contributed by atoms with van der Waals surface area (Å²) in [7, 11) is 3.04. The molecular formula is C19H24N2O4S. The Kier molecular flexibility index (Phi) is 6.37. The van der Waals surface area contributed by atoms with Crippen LogP contribution in [-0.4, -0.2) is 47.3 Å². The van der Waals surface area contributed by atoms with Crippen LogP contribution in [0.5, 0.6) is 0 Å². The second kappa shape index (κ2) is 8.31. The zero-order valence-corrected chi connectivity index (χ0v) is 16.6. The maximum absolute atomic E-state index is 13.0. The fourth-order valence-electron chi connectivity index (χ4n) is 3.11. The normalized spacial score (nSPS) is 10.7. The molecule has 2 heterocycles. The summed E-state index contributed by atoms with van der Waals surface area (Å²) in [6.45, 7) is 5.97. The summed E-state index contributed by atoms with van der Waals surface area (Å²) in [5.74, 6) is -0.800. The highest BCUT2D eigenvalue weighted by Gasteiger charge is 2.27. The molecule has 0 fully saturated rings. The van der Waals surface area contributed by atoms with Crippen molar-refractivity contribution in [2.75, 3.05) is 20.2 Å². The number of ether oxygens (including phenoxy) is 1. The van der Waals surface area contributed by atoms with E-state index in [0.717, 1.165) is 6.42 Å². The molecule has 0 aliphatic heterocycles. The van der Waals surface area contributed by atoms with Crippen LogP contribution in [0.2, 0.25) is 0 Å². The summed E-state index contributed by atoms with van der Waals surface area (Å²) in [4.78, 5) is 39.8. The lowest BCUT2D eigenvalue weighted by Crippen LogP contribution is -2.36. The molecule has 6 nitrogen and oxygen atoms in total. The molecule has 0 aliphatic carbocycles. The smallest absolute Gasteiger partial charge is 0.354 e. The van der Waals surface area contributed by atoms with Gasteiger partial charge in [-0.25, -0.2) is 4.79 Å². The topological polar surface area (TPSA) is 68.6 Å². The summed E-state index contributed by atoms with van der Waals surface area (Å²) < 4.78 is 6.48. The van der Waals surface area contributed by atoms with E-state index < -0.39 is 5.97 Å². The number of aromatic nitrogens is 1. The van der Waals surface area contributed by atoms with E-state index in [1.54, 1.807) is 36.4 Å². The Morgan fingerprint density at radius 3 is 2.50 bits per heavy atom. The molecule has 0 aliphatic rings. The first-order valence-corrected chi connectivity index (χ1v) is 9.31. The number of amides is 1. The van der Waals surface area contributed by atoms with Gasteiger partial charge in [0.05, 0.1) is 18.5 Å². The number of esters is 1. The van der Waals surface area contributed by atoms with Crippen LogP contribution in [0.3, 0.4) is 0 Å². The van der Waals surface area contributed by atoms with Crippen LogP contribution >= 0.6 is 11.3 Å². The highest BCUT2D eigenvalue weighted by Crippen LogP contribution is 2.23. The van der Waals surface area contributed by atoms with Crippen molar-refractivity contribution in [2.24, 2.45) is 7.05 Å². The van der Waals surface area contributed by atoms with Gasteiger partial charge in [0.15, 0.2) is 5.78 Å². The van der Waals surface area contributed by atoms with Crippen molar-refractivity contribution in [3.05, 3.63) is 44.9 Å². The van der Waals surface area contributed by atoms with E-state index in [-0.39, 0.29) is 18.2 Å². The first-order valence-electron chi connectivity index (χ1n) is 8.43. The molecule has 0 atom stereocenters. The van der Waals surface area contributed by atoms with Gasteiger partial charge in [0, 0.05) is 24.8 Å². The Labute approximate surface area is 157 Å². The van der Waals surface area contributed by atoms with Crippen molar-refractivity contribution >= 4 is 29.0 Å². The third-order valence-corrected chi connectivity index (χ3v) is 5.29. The Balaban J connectivity index is 2.33. The van der Waals surface area contributed by atoms with E-state index in [1.165, 1.54) is 18.4 Å². The minimum absolute atomic E-state index is 0.0170. The maximum atomic E-state index is 13.0. The van der Waals surface area contributed by atoms with E-state index in [2.05, 4.69) is 0 Å². The van der Waals surface area contributed by atoms with Crippen LogP contribution in [0.25, 0.3) is 0 Å². The third kappa shape index (κ3) is 3.72. The van der Waals surface area contributed by atoms with Gasteiger partial charge in [-0.1, -0.05) is 13.0 Å². The number of Topliss-reactive ketones (excluding diaryl/α,β-unsaturated/α-hetero) is 1. The molecule has 2 aromatic rings. The van der Waals surface area contributed by atoms with E-state index in [4.69, 9.17) is 4.74 Å². The fraction of sp³-hybridized carbons (Fsp3) is 0.421. The lowest BCUT2D eigenvalue weighted by Gasteiger charge is -2.21. The molecule has 1 amide bonds. The number of ketones is 1. The number of carbonyl (C=O) groups excluding carboxylic acids is 3. The van der Waals surface area contributed by atoms with Gasteiger partial charge in [-0.2, -0.15) is 0 Å². The first kappa shape index (κ1) is 19.9. The number of carbonyl (C=O) groups is 3. The predicted octanol–water partition coefficient (Wildman–Crippen LogP) is 3.23. The van der Waals surface area contributed by atoms with Crippen LogP contribution in [0, 0.1) is 13.8 Å². The van der Waals surface area contributed by atoms with Gasteiger partial charge in [0.1, 0.15) is 5.69 Å². The molecular weight excluding hydrogens is 352 g/mol. The van der Waals surface area contributed by atoms with Gasteiger partial charge in [-0.3, -0.25) is 9.59 Å². The Bertz CT molecular complexity index is 821. The van der Waals surface area contributed by atoms with Crippen LogP contribution in [0.15, 0.2) is 17.5 Å². The summed E-state index contributed by atoms with van der Waals surface area (Å²) >= 11 is 1.36. The molecule has 0 N–H and O–H groups in total. The van der Waals surface area contributed by atoms with Gasteiger partial charge >= 0.3 is 5.97 Å². The molecule has 2 rings (SSSR count). The number of nitrogens with zero attached hydrogens (tertiary/aromatic N) is 2. The molecule has 0 unspecified atom stereocenters. The zero-order chi connectivity index (χ0) is 19.4. The molecule has 2 aromatic heterocycles. The SMILES string of the molecule is CCCN(CC(=O)c1c(C)c(C(=O)OC)n(C)c1C)C(=O)c1cccs1. The van der Waals surface area contributed by atoms with E-state index >= 15 is 0 Å². The van der Waals surface area contributed by atoms with Crippen molar-refractivity contribution in [2.45, 2.75) is 27.2 Å². The van der Waals surface area contributed by atoms with Gasteiger partial charge < -0.3 is 14.2 Å². The molecule has 140 valence electrons. The second-order valence-electron chi connectivity index (χ2n) is 6.11. The number of hydrogen-bond acceptors (Lipinski definition) is 5. The second-order valence-corrected chi connectivity index (χ2v) is 7.06. The lowest BCUT2D eigenvalue weighted by molar-refractivity contribution is 0.0588. The number of hydrogen-bond donors (Lipinski definition) is 0. The Morgan fingerprint density at radius 1 is 1.27 bits per heavy atom. The fourth-order valence-corrected chi connectivity index (χ4v) is 3.80. The van der Waals surface area contributed by atoms with Crippen molar-refractivity contribution in [3.8, 4) is 0 Å². The van der Waals surface area contributed by atoms with Gasteiger partial charge in [0.2, 0.25) is 0 Å². The zero-order valence-electron chi connectivity index (χ0n) is 15.8. The number of thiophene rings is 1. The lowest BCUT2D eigenvalue weighted by atomic mass is 10.0. The molecule has 0 radical (unpaired) electrons. The first-order chi connectivity index (χ1) is 12.3. The van der Waals surface area contributed by atoms with Crippen LogP contribution < -0.4 is 0 Å². The summed E-state index contributed by atoms with van der Waals surface area (Å²) in [6.07, 6.45) is 0.755. The quantitative estimate of drug-likeness (QED) is 0.550. The largest absolute Gasteiger partial charge is 0.464 e. The Morgan fingerprint density at radius 2 is 1.96 bits per heavy atom. The summed E-state index contributed by atoms with van der Waals surface area (Å²) in [6, 6.07) is 3.58. The summed E-state index contributed by atoms with van der Waals surface area (Å²) in [5, 5.41) is 1.84. The van der Waals surface area contributed by atoms with Crippen LogP contribution in [-0.2, 0) is 11.8 Å². The molecule has 0 saturated carbocycles. The van der Waals surface area contributed by atoms with Crippen LogP contribution in [0.4, 0.5) is 0 Å². The molecule has 0 bridgehead atoms. The molecule has 0 saturated heterocycles. The highest BCUT2D eigenvalue weighted by molar-refractivity contribution is 7.12. The van der Waals surface area contributed by atoms with E-state index in [9.17, 15) is 14.4 Å². The van der Waals surface area contributed by atoms with Crippen molar-refractivity contribution in [1.29, 1.82) is 0 Å². The van der Waals surface area contributed by atoms with E-state index in [0.29, 0.717) is 33.9 Å². The van der Waals surface area contributed by atoms with Crippen molar-refractivity contribution < 1.29 is 19.1 Å². The minimum atomic E-state index is -0.479. The average molecular weight is 376 g/mol. The average Bonchev–Trinajstić information content (AvgIpc) is 3.21. The van der Waals surface area contributed by atoms with E-state index in [1.807, 2.05) is 18.4 Å². The van der Waals surface area contributed by atoms with Gasteiger partial charge in [0.25, 0.3) is 5.91 Å². The third-order valence-electron chi connectivity index (χ3n) is 4.44. The molecule has 26 heavy (non-hydrogen) atoms. The predicted molar refractivity (Wildman–Crippen MR) is 101 cm³/mol. The minimum Gasteiger partial charge on any atom is -0.464 e. The molecule has 0 aromatic carbocycles. The van der Waals surface area contributed by atoms with Crippen molar-refractivity contribution in [3.63, 3.8) is 0 Å². The molecule has 7 heteroatoms. The molecule has 0 spiro atoms. The monoisotopic (exact) mass is 376 g/mol. The standard InChI is InChI=1S/C19H24N2O4S/c1-6-9-21(18(23)15-8-7-10-26-15)11-14(22)16-12(2)17(19(24)25-5)20(4)13(16)3/h7-8,10H,6,9,11H2,1-5H3. The number of rotatable bonds is 7. The van der Waals surface area contributed by atoms with Crippen LogP contribution in [0.1, 0.15) is 55.1 Å². The summed E-state index contributed by atoms with van der Waals surface area (Å²) in [5.41, 5.74) is 2.11. The number of methoxy groups -OCH3 is 1. The van der Waals surface area contributed by atoms with Gasteiger partial charge in [-0.05, 0) is 37.3 Å².